The Morgan fingerprint density at radius 2 is 1.41 bits per heavy atom. The topological polar surface area (TPSA) is 9.23 Å². The van der Waals surface area contributed by atoms with Gasteiger partial charge < -0.3 is 4.74 Å². The van der Waals surface area contributed by atoms with E-state index >= 15 is 4.39 Å². The van der Waals surface area contributed by atoms with Gasteiger partial charge in [-0.25, -0.2) is 13.2 Å². The van der Waals surface area contributed by atoms with Gasteiger partial charge in [0.25, 0.3) is 0 Å². The van der Waals surface area contributed by atoms with Crippen molar-refractivity contribution in [3.63, 3.8) is 0 Å². The zero-order chi connectivity index (χ0) is 27.6. The molecule has 0 radical (unpaired) electrons. The number of unbranched alkanes of at least 4 members (excludes halogenated alkanes) is 5. The standard InChI is InChI=1S/C35H41F3O/c1-3-4-5-6-7-8-23-39-33-22-15-27(24-32(33)36)12-11-26-13-18-29(19-14-26)31-21-20-30(34(37)35(31)38)28-16-9-25(2)10-17-28/h11-15,18-22,24-25,28H,3-10,16-17,23H2,1-2H3/b12-11+. The van der Waals surface area contributed by atoms with Crippen molar-refractivity contribution >= 4 is 12.2 Å². The van der Waals surface area contributed by atoms with Crippen molar-refractivity contribution in [1.29, 1.82) is 0 Å². The quantitative estimate of drug-likeness (QED) is 0.166. The van der Waals surface area contributed by atoms with Gasteiger partial charge in [0.2, 0.25) is 0 Å². The molecule has 0 N–H and O–H groups in total. The third-order valence-electron chi connectivity index (χ3n) is 7.97. The molecule has 0 bridgehead atoms. The molecule has 1 aliphatic rings. The molecule has 1 fully saturated rings. The lowest BCUT2D eigenvalue weighted by molar-refractivity contribution is 0.290. The van der Waals surface area contributed by atoms with Crippen molar-refractivity contribution < 1.29 is 17.9 Å². The Hall–Kier alpha value is -3.01. The predicted molar refractivity (Wildman–Crippen MR) is 156 cm³/mol. The monoisotopic (exact) mass is 534 g/mol. The zero-order valence-electron chi connectivity index (χ0n) is 23.3. The molecule has 0 spiro atoms. The molecule has 0 amide bonds. The van der Waals surface area contributed by atoms with E-state index in [0.29, 0.717) is 23.7 Å². The summed E-state index contributed by atoms with van der Waals surface area (Å²) in [5, 5.41) is 0. The van der Waals surface area contributed by atoms with Crippen LogP contribution in [0.25, 0.3) is 23.3 Å². The molecule has 1 aliphatic carbocycles. The van der Waals surface area contributed by atoms with Gasteiger partial charge in [-0.15, -0.1) is 0 Å². The number of hydrogen-bond donors (Lipinski definition) is 0. The molecule has 4 rings (SSSR count). The third-order valence-corrected chi connectivity index (χ3v) is 7.97. The van der Waals surface area contributed by atoms with Gasteiger partial charge >= 0.3 is 0 Å². The maximum absolute atomic E-state index is 15.0. The summed E-state index contributed by atoms with van der Waals surface area (Å²) in [6.45, 7) is 4.94. The minimum atomic E-state index is -0.774. The Labute approximate surface area is 232 Å². The van der Waals surface area contributed by atoms with Crippen molar-refractivity contribution in [2.24, 2.45) is 5.92 Å². The van der Waals surface area contributed by atoms with Crippen LogP contribution in [-0.4, -0.2) is 6.61 Å². The predicted octanol–water partition coefficient (Wildman–Crippen LogP) is 11.0. The fourth-order valence-corrected chi connectivity index (χ4v) is 5.44. The largest absolute Gasteiger partial charge is 0.491 e. The lowest BCUT2D eigenvalue weighted by atomic mass is 9.79. The molecule has 0 atom stereocenters. The van der Waals surface area contributed by atoms with Crippen molar-refractivity contribution in [3.05, 3.63) is 88.7 Å². The highest BCUT2D eigenvalue weighted by Crippen LogP contribution is 2.38. The molecule has 39 heavy (non-hydrogen) atoms. The van der Waals surface area contributed by atoms with E-state index in [9.17, 15) is 8.78 Å². The van der Waals surface area contributed by atoms with Crippen LogP contribution in [-0.2, 0) is 0 Å². The summed E-state index contributed by atoms with van der Waals surface area (Å²) >= 11 is 0. The van der Waals surface area contributed by atoms with Crippen LogP contribution in [0.4, 0.5) is 13.2 Å². The Kier molecular flexibility index (Phi) is 10.7. The van der Waals surface area contributed by atoms with Gasteiger partial charge in [-0.2, -0.15) is 0 Å². The van der Waals surface area contributed by atoms with E-state index in [1.54, 1.807) is 30.3 Å². The SMILES string of the molecule is CCCCCCCCOc1ccc(/C=C/c2ccc(-c3ccc(C4CCC(C)CC4)c(F)c3F)cc2)cc1F. The molecular formula is C35H41F3O. The summed E-state index contributed by atoms with van der Waals surface area (Å²) in [7, 11) is 0. The van der Waals surface area contributed by atoms with Gasteiger partial charge in [-0.05, 0) is 65.5 Å². The Balaban J connectivity index is 1.34. The first kappa shape index (κ1) is 29.0. The van der Waals surface area contributed by atoms with Crippen LogP contribution < -0.4 is 4.74 Å². The number of hydrogen-bond acceptors (Lipinski definition) is 1. The highest BCUT2D eigenvalue weighted by Gasteiger charge is 2.25. The van der Waals surface area contributed by atoms with Crippen LogP contribution in [0.2, 0.25) is 0 Å². The van der Waals surface area contributed by atoms with E-state index in [-0.39, 0.29) is 23.0 Å². The summed E-state index contributed by atoms with van der Waals surface area (Å²) in [6.07, 6.45) is 14.6. The second kappa shape index (κ2) is 14.4. The first-order chi connectivity index (χ1) is 19.0. The number of benzene rings is 3. The Morgan fingerprint density at radius 1 is 0.744 bits per heavy atom. The lowest BCUT2D eigenvalue weighted by Gasteiger charge is -2.27. The molecule has 3 aromatic carbocycles. The maximum atomic E-state index is 15.0. The minimum absolute atomic E-state index is 0.100. The summed E-state index contributed by atoms with van der Waals surface area (Å²) < 4.78 is 50.2. The molecular weight excluding hydrogens is 493 g/mol. The Morgan fingerprint density at radius 3 is 2.13 bits per heavy atom. The van der Waals surface area contributed by atoms with Gasteiger partial charge in [-0.1, -0.05) is 113 Å². The number of halogens is 3. The highest BCUT2D eigenvalue weighted by atomic mass is 19.2. The maximum Gasteiger partial charge on any atom is 0.166 e. The minimum Gasteiger partial charge on any atom is -0.491 e. The molecule has 0 aromatic heterocycles. The van der Waals surface area contributed by atoms with Crippen molar-refractivity contribution in [2.75, 3.05) is 6.61 Å². The van der Waals surface area contributed by atoms with E-state index in [4.69, 9.17) is 4.74 Å². The van der Waals surface area contributed by atoms with E-state index in [2.05, 4.69) is 13.8 Å². The van der Waals surface area contributed by atoms with Gasteiger partial charge in [0.05, 0.1) is 6.61 Å². The summed E-state index contributed by atoms with van der Waals surface area (Å²) in [5.41, 5.74) is 3.02. The van der Waals surface area contributed by atoms with Crippen LogP contribution in [0.15, 0.2) is 54.6 Å². The molecule has 4 heteroatoms. The molecule has 0 saturated heterocycles. The average Bonchev–Trinajstić information content (AvgIpc) is 2.95. The van der Waals surface area contributed by atoms with Crippen LogP contribution in [0.1, 0.15) is 101 Å². The fraction of sp³-hybridized carbons (Fsp3) is 0.429. The summed E-state index contributed by atoms with van der Waals surface area (Å²) in [4.78, 5) is 0. The van der Waals surface area contributed by atoms with E-state index in [1.807, 2.05) is 30.4 Å². The molecule has 208 valence electrons. The first-order valence-corrected chi connectivity index (χ1v) is 14.6. The summed E-state index contributed by atoms with van der Waals surface area (Å²) in [6, 6.07) is 15.7. The average molecular weight is 535 g/mol. The second-order valence-corrected chi connectivity index (χ2v) is 11.0. The van der Waals surface area contributed by atoms with Crippen LogP contribution >= 0.6 is 0 Å². The van der Waals surface area contributed by atoms with Gasteiger partial charge in [0.1, 0.15) is 0 Å². The number of rotatable bonds is 12. The van der Waals surface area contributed by atoms with Gasteiger partial charge in [0, 0.05) is 5.56 Å². The smallest absolute Gasteiger partial charge is 0.166 e. The normalized spacial score (nSPS) is 17.6. The first-order valence-electron chi connectivity index (χ1n) is 14.6. The van der Waals surface area contributed by atoms with E-state index in [1.165, 1.54) is 31.7 Å². The molecule has 0 heterocycles. The van der Waals surface area contributed by atoms with Crippen LogP contribution in [0, 0.1) is 23.4 Å². The van der Waals surface area contributed by atoms with Crippen LogP contribution in [0.5, 0.6) is 5.75 Å². The zero-order valence-corrected chi connectivity index (χ0v) is 23.3. The molecule has 1 saturated carbocycles. The molecule has 1 nitrogen and oxygen atoms in total. The van der Waals surface area contributed by atoms with Crippen molar-refractivity contribution in [2.45, 2.75) is 84.0 Å². The van der Waals surface area contributed by atoms with E-state index < -0.39 is 11.6 Å². The van der Waals surface area contributed by atoms with Crippen molar-refractivity contribution in [1.82, 2.24) is 0 Å². The molecule has 0 unspecified atom stereocenters. The summed E-state index contributed by atoms with van der Waals surface area (Å²) in [5.74, 6) is -0.817. The van der Waals surface area contributed by atoms with Crippen molar-refractivity contribution in [3.8, 4) is 16.9 Å². The molecule has 3 aromatic rings. The Bertz CT molecular complexity index is 1220. The fourth-order valence-electron chi connectivity index (χ4n) is 5.44. The highest BCUT2D eigenvalue weighted by molar-refractivity contribution is 5.72. The lowest BCUT2D eigenvalue weighted by Crippen LogP contribution is -2.13. The molecule has 0 aliphatic heterocycles. The second-order valence-electron chi connectivity index (χ2n) is 11.0. The van der Waals surface area contributed by atoms with Gasteiger partial charge in [0.15, 0.2) is 23.2 Å². The van der Waals surface area contributed by atoms with Gasteiger partial charge in [-0.3, -0.25) is 0 Å². The van der Waals surface area contributed by atoms with E-state index in [0.717, 1.165) is 49.7 Å². The van der Waals surface area contributed by atoms with Crippen LogP contribution in [0.3, 0.4) is 0 Å². The number of ether oxygens (including phenoxy) is 1. The third kappa shape index (κ3) is 8.00.